The first kappa shape index (κ1) is 30.1. The maximum atomic E-state index is 13.9. The van der Waals surface area contributed by atoms with Gasteiger partial charge in [-0.3, -0.25) is 13.9 Å². The van der Waals surface area contributed by atoms with Crippen molar-refractivity contribution < 1.29 is 22.7 Å². The van der Waals surface area contributed by atoms with E-state index in [1.54, 1.807) is 30.3 Å². The molecule has 0 unspecified atom stereocenters. The van der Waals surface area contributed by atoms with E-state index in [1.165, 1.54) is 24.1 Å². The minimum atomic E-state index is -3.92. The van der Waals surface area contributed by atoms with Gasteiger partial charge in [0.1, 0.15) is 18.3 Å². The molecule has 3 rings (SSSR count). The van der Waals surface area contributed by atoms with E-state index in [9.17, 15) is 18.0 Å². The lowest BCUT2D eigenvalue weighted by Gasteiger charge is -2.34. The number of sulfonamides is 1. The summed E-state index contributed by atoms with van der Waals surface area (Å²) in [6, 6.07) is 10.8. The summed E-state index contributed by atoms with van der Waals surface area (Å²) in [7, 11) is -2.51. The number of ether oxygens (including phenoxy) is 1. The molecule has 0 spiro atoms. The Balaban J connectivity index is 1.95. The van der Waals surface area contributed by atoms with Gasteiger partial charge >= 0.3 is 0 Å². The van der Waals surface area contributed by atoms with Crippen molar-refractivity contribution in [2.75, 3.05) is 24.2 Å². The molecule has 1 atom stereocenters. The topological polar surface area (TPSA) is 96.0 Å². The highest BCUT2D eigenvalue weighted by Gasteiger charge is 2.33. The van der Waals surface area contributed by atoms with Crippen molar-refractivity contribution in [3.05, 3.63) is 58.1 Å². The first-order chi connectivity index (χ1) is 18.0. The summed E-state index contributed by atoms with van der Waals surface area (Å²) >= 11 is 12.2. The molecular formula is C27H35Cl2N3O5S. The SMILES string of the molecule is CC[C@@H](C(=O)NC1CCCCC1)N(Cc1ccc(Cl)cc1)C(=O)CN(c1cc(Cl)ccc1OC)S(C)(=O)=O. The van der Waals surface area contributed by atoms with E-state index in [0.717, 1.165) is 48.2 Å². The molecule has 0 aliphatic heterocycles. The number of benzene rings is 2. The van der Waals surface area contributed by atoms with Gasteiger partial charge in [0.2, 0.25) is 21.8 Å². The number of nitrogens with zero attached hydrogens (tertiary/aromatic N) is 2. The van der Waals surface area contributed by atoms with Gasteiger partial charge < -0.3 is 15.0 Å². The molecule has 1 saturated carbocycles. The molecule has 2 amide bonds. The Morgan fingerprint density at radius 1 is 1.05 bits per heavy atom. The van der Waals surface area contributed by atoms with Crippen LogP contribution in [-0.2, 0) is 26.2 Å². The second-order valence-electron chi connectivity index (χ2n) is 9.50. The van der Waals surface area contributed by atoms with Crippen LogP contribution in [0, 0.1) is 0 Å². The van der Waals surface area contributed by atoms with Crippen LogP contribution in [0.5, 0.6) is 5.75 Å². The van der Waals surface area contributed by atoms with Crippen LogP contribution < -0.4 is 14.4 Å². The van der Waals surface area contributed by atoms with E-state index in [2.05, 4.69) is 5.32 Å². The number of hydrogen-bond donors (Lipinski definition) is 1. The summed E-state index contributed by atoms with van der Waals surface area (Å²) in [5, 5.41) is 3.95. The number of hydrogen-bond acceptors (Lipinski definition) is 5. The Morgan fingerprint density at radius 2 is 1.68 bits per heavy atom. The van der Waals surface area contributed by atoms with E-state index in [4.69, 9.17) is 27.9 Å². The zero-order valence-electron chi connectivity index (χ0n) is 22.0. The number of halogens is 2. The number of nitrogens with one attached hydrogen (secondary N) is 1. The van der Waals surface area contributed by atoms with E-state index in [0.29, 0.717) is 16.5 Å². The number of amides is 2. The van der Waals surface area contributed by atoms with Crippen molar-refractivity contribution >= 4 is 50.7 Å². The second-order valence-corrected chi connectivity index (χ2v) is 12.3. The summed E-state index contributed by atoms with van der Waals surface area (Å²) in [6.45, 7) is 1.41. The largest absolute Gasteiger partial charge is 0.495 e. The fourth-order valence-corrected chi connectivity index (χ4v) is 5.84. The summed E-state index contributed by atoms with van der Waals surface area (Å²) in [4.78, 5) is 28.7. The Morgan fingerprint density at radius 3 is 2.26 bits per heavy atom. The van der Waals surface area contributed by atoms with Crippen LogP contribution in [0.25, 0.3) is 0 Å². The van der Waals surface area contributed by atoms with E-state index in [1.807, 2.05) is 6.92 Å². The molecule has 0 bridgehead atoms. The molecule has 1 N–H and O–H groups in total. The summed E-state index contributed by atoms with van der Waals surface area (Å²) in [5.74, 6) is -0.523. The van der Waals surface area contributed by atoms with Gasteiger partial charge in [0.25, 0.3) is 0 Å². The second kappa shape index (κ2) is 13.5. The maximum Gasteiger partial charge on any atom is 0.244 e. The first-order valence-electron chi connectivity index (χ1n) is 12.7. The number of methoxy groups -OCH3 is 1. The highest BCUT2D eigenvalue weighted by molar-refractivity contribution is 7.92. The molecule has 0 saturated heterocycles. The third-order valence-corrected chi connectivity index (χ3v) is 8.31. The highest BCUT2D eigenvalue weighted by atomic mass is 35.5. The lowest BCUT2D eigenvalue weighted by molar-refractivity contribution is -0.140. The van der Waals surface area contributed by atoms with E-state index < -0.39 is 28.5 Å². The third kappa shape index (κ3) is 8.01. The Kier molecular flexibility index (Phi) is 10.7. The normalized spacial score (nSPS) is 15.0. The van der Waals surface area contributed by atoms with Crippen LogP contribution in [-0.4, -0.2) is 57.1 Å². The number of carbonyl (C=O) groups excluding carboxylic acids is 2. The van der Waals surface area contributed by atoms with Gasteiger partial charge in [0, 0.05) is 22.6 Å². The fourth-order valence-electron chi connectivity index (χ4n) is 4.70. The van der Waals surface area contributed by atoms with Gasteiger partial charge in [0.15, 0.2) is 0 Å². The van der Waals surface area contributed by atoms with Crippen LogP contribution in [0.2, 0.25) is 10.0 Å². The standard InChI is InChI=1S/C27H35Cl2N3O5S/c1-4-23(27(34)30-22-8-6-5-7-9-22)31(17-19-10-12-20(28)13-11-19)26(33)18-32(38(3,35)36)24-16-21(29)14-15-25(24)37-2/h10-16,22-23H,4-9,17-18H2,1-3H3,(H,30,34)/t23-/m0/s1. The van der Waals surface area contributed by atoms with Gasteiger partial charge in [0.05, 0.1) is 19.1 Å². The molecule has 8 nitrogen and oxygen atoms in total. The molecule has 38 heavy (non-hydrogen) atoms. The minimum Gasteiger partial charge on any atom is -0.495 e. The zero-order valence-corrected chi connectivity index (χ0v) is 24.3. The Bertz CT molecular complexity index is 1220. The third-order valence-electron chi connectivity index (χ3n) is 6.69. The quantitative estimate of drug-likeness (QED) is 0.400. The average molecular weight is 585 g/mol. The van der Waals surface area contributed by atoms with E-state index in [-0.39, 0.29) is 29.9 Å². The maximum absolute atomic E-state index is 13.9. The van der Waals surface area contributed by atoms with Crippen molar-refractivity contribution in [2.24, 2.45) is 0 Å². The van der Waals surface area contributed by atoms with Crippen molar-refractivity contribution in [2.45, 2.75) is 64.1 Å². The molecule has 0 radical (unpaired) electrons. The zero-order chi connectivity index (χ0) is 27.9. The molecule has 208 valence electrons. The summed E-state index contributed by atoms with van der Waals surface area (Å²) in [6.07, 6.45) is 6.45. The van der Waals surface area contributed by atoms with Crippen molar-refractivity contribution in [1.82, 2.24) is 10.2 Å². The number of carbonyl (C=O) groups is 2. The molecule has 0 heterocycles. The molecule has 0 aromatic heterocycles. The van der Waals surface area contributed by atoms with Crippen molar-refractivity contribution in [1.29, 1.82) is 0 Å². The minimum absolute atomic E-state index is 0.0704. The number of anilines is 1. The fraction of sp³-hybridized carbons (Fsp3) is 0.481. The van der Waals surface area contributed by atoms with Crippen LogP contribution >= 0.6 is 23.2 Å². The molecule has 2 aromatic rings. The molecule has 1 fully saturated rings. The van der Waals surface area contributed by atoms with Crippen LogP contribution in [0.4, 0.5) is 5.69 Å². The van der Waals surface area contributed by atoms with Crippen molar-refractivity contribution in [3.8, 4) is 5.75 Å². The van der Waals surface area contributed by atoms with Gasteiger partial charge in [-0.25, -0.2) is 8.42 Å². The molecule has 1 aliphatic carbocycles. The molecule has 11 heteroatoms. The smallest absolute Gasteiger partial charge is 0.244 e. The van der Waals surface area contributed by atoms with E-state index >= 15 is 0 Å². The van der Waals surface area contributed by atoms with Gasteiger partial charge in [-0.1, -0.05) is 61.5 Å². The predicted molar refractivity (Wildman–Crippen MR) is 151 cm³/mol. The Labute approximate surface area is 235 Å². The Hall–Kier alpha value is -2.49. The lowest BCUT2D eigenvalue weighted by Crippen LogP contribution is -2.54. The first-order valence-corrected chi connectivity index (χ1v) is 15.3. The van der Waals surface area contributed by atoms with Gasteiger partial charge in [-0.05, 0) is 55.2 Å². The average Bonchev–Trinajstić information content (AvgIpc) is 2.88. The molecular weight excluding hydrogens is 549 g/mol. The summed E-state index contributed by atoms with van der Waals surface area (Å²) < 4.78 is 32.0. The van der Waals surface area contributed by atoms with Crippen LogP contribution in [0.1, 0.15) is 51.0 Å². The van der Waals surface area contributed by atoms with Crippen molar-refractivity contribution in [3.63, 3.8) is 0 Å². The lowest BCUT2D eigenvalue weighted by atomic mass is 9.95. The predicted octanol–water partition coefficient (Wildman–Crippen LogP) is 5.02. The molecule has 2 aromatic carbocycles. The summed E-state index contributed by atoms with van der Waals surface area (Å²) in [5.41, 5.74) is 0.903. The van der Waals surface area contributed by atoms with Crippen LogP contribution in [0.3, 0.4) is 0 Å². The number of rotatable bonds is 11. The van der Waals surface area contributed by atoms with Gasteiger partial charge in [-0.2, -0.15) is 0 Å². The van der Waals surface area contributed by atoms with Crippen LogP contribution in [0.15, 0.2) is 42.5 Å². The highest BCUT2D eigenvalue weighted by Crippen LogP contribution is 2.33. The monoisotopic (exact) mass is 583 g/mol. The van der Waals surface area contributed by atoms with Gasteiger partial charge in [-0.15, -0.1) is 0 Å². The molecule has 1 aliphatic rings.